The smallest absolute Gasteiger partial charge is 0.382 e. The highest BCUT2D eigenvalue weighted by Gasteiger charge is 2.31. The Morgan fingerprint density at radius 2 is 2.00 bits per heavy atom. The predicted molar refractivity (Wildman–Crippen MR) is 80.5 cm³/mol. The van der Waals surface area contributed by atoms with Crippen molar-refractivity contribution in [2.75, 3.05) is 5.73 Å². The summed E-state index contributed by atoms with van der Waals surface area (Å²) in [5.41, 5.74) is 5.05. The Morgan fingerprint density at radius 3 is 2.67 bits per heavy atom. The zero-order chi connectivity index (χ0) is 17.3. The van der Waals surface area contributed by atoms with Crippen LogP contribution in [0.4, 0.5) is 19.0 Å². The molecular weight excluding hydrogens is 323 g/mol. The van der Waals surface area contributed by atoms with E-state index in [1.807, 2.05) is 0 Å². The summed E-state index contributed by atoms with van der Waals surface area (Å²) in [5, 5.41) is 10.3. The molecule has 1 aliphatic carbocycles. The van der Waals surface area contributed by atoms with Gasteiger partial charge in [0.1, 0.15) is 0 Å². The van der Waals surface area contributed by atoms with E-state index < -0.39 is 17.6 Å². The van der Waals surface area contributed by atoms with Crippen molar-refractivity contribution in [2.24, 2.45) is 0 Å². The third-order valence-corrected chi connectivity index (χ3v) is 4.03. The maximum Gasteiger partial charge on any atom is 0.416 e. The normalized spacial score (nSPS) is 15.6. The van der Waals surface area contributed by atoms with Crippen molar-refractivity contribution in [1.29, 1.82) is 0 Å². The maximum absolute atomic E-state index is 12.8. The second-order valence-electron chi connectivity index (χ2n) is 5.74. The number of carbonyl (C=O) groups is 1. The van der Waals surface area contributed by atoms with Gasteiger partial charge in [0.2, 0.25) is 0 Å². The average molecular weight is 339 g/mol. The van der Waals surface area contributed by atoms with Gasteiger partial charge in [0.05, 0.1) is 11.3 Å². The Kier molecular flexibility index (Phi) is 4.16. The first-order valence-electron chi connectivity index (χ1n) is 7.56. The number of nitrogens with two attached hydrogens (primary N) is 1. The molecule has 0 spiro atoms. The number of benzene rings is 1. The molecule has 1 heterocycles. The van der Waals surface area contributed by atoms with E-state index in [4.69, 9.17) is 5.73 Å². The second kappa shape index (κ2) is 6.14. The van der Waals surface area contributed by atoms with E-state index in [-0.39, 0.29) is 23.2 Å². The molecule has 3 rings (SSSR count). The molecule has 0 unspecified atom stereocenters. The minimum atomic E-state index is -4.48. The van der Waals surface area contributed by atoms with Crippen molar-refractivity contribution in [3.05, 3.63) is 35.5 Å². The van der Waals surface area contributed by atoms with Gasteiger partial charge < -0.3 is 11.1 Å². The fraction of sp³-hybridized carbons (Fsp3) is 0.400. The van der Waals surface area contributed by atoms with E-state index >= 15 is 0 Å². The van der Waals surface area contributed by atoms with Gasteiger partial charge in [-0.3, -0.25) is 4.79 Å². The number of anilines is 1. The summed E-state index contributed by atoms with van der Waals surface area (Å²) in [6, 6.07) is 4.60. The number of carbonyl (C=O) groups excluding carboxylic acids is 1. The minimum Gasteiger partial charge on any atom is -0.382 e. The lowest BCUT2D eigenvalue weighted by Crippen LogP contribution is -2.33. The average Bonchev–Trinajstić information content (AvgIpc) is 3.16. The van der Waals surface area contributed by atoms with E-state index in [0.29, 0.717) is 0 Å². The van der Waals surface area contributed by atoms with E-state index in [1.54, 1.807) is 0 Å². The summed E-state index contributed by atoms with van der Waals surface area (Å²) in [5.74, 6) is -0.553. The van der Waals surface area contributed by atoms with Crippen molar-refractivity contribution in [3.8, 4) is 5.69 Å². The van der Waals surface area contributed by atoms with Gasteiger partial charge in [-0.05, 0) is 31.0 Å². The summed E-state index contributed by atoms with van der Waals surface area (Å²) < 4.78 is 39.4. The summed E-state index contributed by atoms with van der Waals surface area (Å²) in [7, 11) is 0. The van der Waals surface area contributed by atoms with Crippen molar-refractivity contribution in [2.45, 2.75) is 37.9 Å². The van der Waals surface area contributed by atoms with Crippen molar-refractivity contribution in [1.82, 2.24) is 20.3 Å². The first-order chi connectivity index (χ1) is 11.4. The van der Waals surface area contributed by atoms with Crippen LogP contribution >= 0.6 is 0 Å². The molecule has 3 N–H and O–H groups in total. The highest BCUT2D eigenvalue weighted by atomic mass is 19.4. The van der Waals surface area contributed by atoms with Crippen LogP contribution in [0.5, 0.6) is 0 Å². The minimum absolute atomic E-state index is 0.0793. The van der Waals surface area contributed by atoms with E-state index in [9.17, 15) is 18.0 Å². The van der Waals surface area contributed by atoms with Gasteiger partial charge in [-0.15, -0.1) is 5.10 Å². The number of amides is 1. The lowest BCUT2D eigenvalue weighted by atomic mass is 10.2. The third kappa shape index (κ3) is 3.19. The van der Waals surface area contributed by atoms with Gasteiger partial charge in [0, 0.05) is 6.04 Å². The number of hydrogen-bond acceptors (Lipinski definition) is 4. The highest BCUT2D eigenvalue weighted by Crippen LogP contribution is 2.30. The van der Waals surface area contributed by atoms with Crippen LogP contribution in [0.2, 0.25) is 0 Å². The van der Waals surface area contributed by atoms with Crippen LogP contribution in [0, 0.1) is 0 Å². The SMILES string of the molecule is Nc1c(C(=O)NC2CCCC2)nnn1-c1cccc(C(F)(F)F)c1. The Bertz CT molecular complexity index is 750. The van der Waals surface area contributed by atoms with Gasteiger partial charge in [0.15, 0.2) is 11.5 Å². The Labute approximate surface area is 135 Å². The molecule has 9 heteroatoms. The summed E-state index contributed by atoms with van der Waals surface area (Å²) in [6.07, 6.45) is -0.580. The van der Waals surface area contributed by atoms with Gasteiger partial charge >= 0.3 is 6.18 Å². The van der Waals surface area contributed by atoms with Crippen LogP contribution < -0.4 is 11.1 Å². The lowest BCUT2D eigenvalue weighted by molar-refractivity contribution is -0.137. The number of rotatable bonds is 3. The molecular formula is C15H16F3N5O. The molecule has 0 bridgehead atoms. The summed E-state index contributed by atoms with van der Waals surface area (Å²) >= 11 is 0. The first-order valence-corrected chi connectivity index (χ1v) is 7.56. The number of halogens is 3. The Hall–Kier alpha value is -2.58. The van der Waals surface area contributed by atoms with Crippen LogP contribution in [0.15, 0.2) is 24.3 Å². The van der Waals surface area contributed by atoms with Gasteiger partial charge in [-0.25, -0.2) is 0 Å². The number of alkyl halides is 3. The zero-order valence-corrected chi connectivity index (χ0v) is 12.7. The van der Waals surface area contributed by atoms with Gasteiger partial charge in [-0.2, -0.15) is 17.9 Å². The maximum atomic E-state index is 12.8. The molecule has 0 saturated heterocycles. The molecule has 1 aliphatic rings. The monoisotopic (exact) mass is 339 g/mol. The Morgan fingerprint density at radius 1 is 1.29 bits per heavy atom. The van der Waals surface area contributed by atoms with Crippen LogP contribution in [0.1, 0.15) is 41.7 Å². The molecule has 1 aromatic heterocycles. The highest BCUT2D eigenvalue weighted by molar-refractivity contribution is 5.96. The standard InChI is InChI=1S/C15H16F3N5O/c16-15(17,18)9-4-3-7-11(8-9)23-13(19)12(21-22-23)14(24)20-10-5-1-2-6-10/h3-4,7-8,10H,1-2,5-6,19H2,(H,20,24). The number of nitrogens with zero attached hydrogens (tertiary/aromatic N) is 3. The molecule has 2 aromatic rings. The van der Waals surface area contributed by atoms with Crippen molar-refractivity contribution < 1.29 is 18.0 Å². The second-order valence-corrected chi connectivity index (χ2v) is 5.74. The molecule has 1 saturated carbocycles. The topological polar surface area (TPSA) is 85.8 Å². The van der Waals surface area contributed by atoms with Crippen LogP contribution in [-0.2, 0) is 6.18 Å². The van der Waals surface area contributed by atoms with Crippen molar-refractivity contribution >= 4 is 11.7 Å². The first kappa shape index (κ1) is 16.3. The van der Waals surface area contributed by atoms with Gasteiger partial charge in [-0.1, -0.05) is 24.1 Å². The number of hydrogen-bond donors (Lipinski definition) is 2. The van der Waals surface area contributed by atoms with E-state index in [0.717, 1.165) is 42.5 Å². The number of aromatic nitrogens is 3. The quantitative estimate of drug-likeness (QED) is 0.900. The summed E-state index contributed by atoms with van der Waals surface area (Å²) in [6.45, 7) is 0. The molecule has 0 radical (unpaired) electrons. The molecule has 24 heavy (non-hydrogen) atoms. The fourth-order valence-corrected chi connectivity index (χ4v) is 2.78. The van der Waals surface area contributed by atoms with Crippen molar-refractivity contribution in [3.63, 3.8) is 0 Å². The molecule has 0 atom stereocenters. The molecule has 6 nitrogen and oxygen atoms in total. The lowest BCUT2D eigenvalue weighted by Gasteiger charge is -2.11. The molecule has 0 aliphatic heterocycles. The van der Waals surface area contributed by atoms with Crippen LogP contribution in [-0.4, -0.2) is 26.9 Å². The molecule has 1 amide bonds. The zero-order valence-electron chi connectivity index (χ0n) is 12.7. The van der Waals surface area contributed by atoms with Crippen LogP contribution in [0.3, 0.4) is 0 Å². The van der Waals surface area contributed by atoms with Gasteiger partial charge in [0.25, 0.3) is 5.91 Å². The number of nitrogens with one attached hydrogen (secondary N) is 1. The molecule has 1 aromatic carbocycles. The third-order valence-electron chi connectivity index (χ3n) is 4.03. The van der Waals surface area contributed by atoms with E-state index in [1.165, 1.54) is 12.1 Å². The predicted octanol–water partition coefficient (Wildman–Crippen LogP) is 2.54. The molecule has 128 valence electrons. The fourth-order valence-electron chi connectivity index (χ4n) is 2.78. The van der Waals surface area contributed by atoms with Crippen LogP contribution in [0.25, 0.3) is 5.69 Å². The number of nitrogen functional groups attached to an aromatic ring is 1. The van der Waals surface area contributed by atoms with E-state index in [2.05, 4.69) is 15.6 Å². The largest absolute Gasteiger partial charge is 0.416 e. The molecule has 1 fully saturated rings. The Balaban J connectivity index is 1.86. The summed E-state index contributed by atoms with van der Waals surface area (Å²) in [4.78, 5) is 12.2.